The number of benzene rings is 2. The molecule has 0 saturated carbocycles. The molecule has 2 N–H and O–H groups in total. The first-order valence-electron chi connectivity index (χ1n) is 10.1. The molecule has 10 nitrogen and oxygen atoms in total. The SMILES string of the molecule is COc1ccc(S(=O)(=O)C(CCCN2C(=O)c3ccccc3C2=O)CC(=O)NO)cc1OC. The molecule has 1 heterocycles. The number of nitrogens with one attached hydrogen (secondary N) is 1. The number of fused-ring (bicyclic) bond motifs is 1. The zero-order valence-corrected chi connectivity index (χ0v) is 18.9. The van der Waals surface area contributed by atoms with Crippen LogP contribution in [0, 0.1) is 0 Å². The van der Waals surface area contributed by atoms with Crippen LogP contribution in [0.2, 0.25) is 0 Å². The third-order valence-electron chi connectivity index (χ3n) is 5.45. The van der Waals surface area contributed by atoms with E-state index < -0.39 is 39.2 Å². The number of methoxy groups -OCH3 is 2. The molecule has 2 aromatic rings. The van der Waals surface area contributed by atoms with Gasteiger partial charge in [0.2, 0.25) is 5.91 Å². The maximum atomic E-state index is 13.3. The van der Waals surface area contributed by atoms with Gasteiger partial charge in [-0.1, -0.05) is 12.1 Å². The first-order valence-corrected chi connectivity index (χ1v) is 11.6. The molecule has 0 aromatic heterocycles. The Morgan fingerprint density at radius 2 is 1.64 bits per heavy atom. The number of hydrogen-bond donors (Lipinski definition) is 2. The molecule has 3 amide bonds. The van der Waals surface area contributed by atoms with E-state index in [1.807, 2.05) is 0 Å². The highest BCUT2D eigenvalue weighted by molar-refractivity contribution is 7.92. The van der Waals surface area contributed by atoms with Crippen molar-refractivity contribution in [1.82, 2.24) is 10.4 Å². The summed E-state index contributed by atoms with van der Waals surface area (Å²) in [6.45, 7) is -0.00888. The summed E-state index contributed by atoms with van der Waals surface area (Å²) in [6, 6.07) is 10.5. The lowest BCUT2D eigenvalue weighted by Gasteiger charge is -2.20. The molecule has 0 saturated heterocycles. The van der Waals surface area contributed by atoms with E-state index >= 15 is 0 Å². The molecular weight excluding hydrogens is 452 g/mol. The zero-order chi connectivity index (χ0) is 24.2. The molecule has 0 bridgehead atoms. The van der Waals surface area contributed by atoms with Crippen LogP contribution in [0.4, 0.5) is 0 Å². The summed E-state index contributed by atoms with van der Waals surface area (Å²) in [4.78, 5) is 37.8. The van der Waals surface area contributed by atoms with Gasteiger partial charge < -0.3 is 9.47 Å². The molecule has 0 radical (unpaired) electrons. The topological polar surface area (TPSA) is 139 Å². The Bertz CT molecular complexity index is 1140. The highest BCUT2D eigenvalue weighted by Gasteiger charge is 2.36. The Kier molecular flexibility index (Phi) is 7.34. The third kappa shape index (κ3) is 4.83. The highest BCUT2D eigenvalue weighted by Crippen LogP contribution is 2.32. The number of carbonyl (C=O) groups excluding carboxylic acids is 3. The summed E-state index contributed by atoms with van der Waals surface area (Å²) in [5.41, 5.74) is 2.06. The largest absolute Gasteiger partial charge is 0.493 e. The number of carbonyl (C=O) groups is 3. The first-order chi connectivity index (χ1) is 15.7. The van der Waals surface area contributed by atoms with Crippen LogP contribution in [-0.2, 0) is 14.6 Å². The third-order valence-corrected chi connectivity index (χ3v) is 7.64. The van der Waals surface area contributed by atoms with Gasteiger partial charge in [0.25, 0.3) is 11.8 Å². The van der Waals surface area contributed by atoms with Gasteiger partial charge in [-0.3, -0.25) is 24.5 Å². The second-order valence-electron chi connectivity index (χ2n) is 7.37. The molecule has 1 aliphatic rings. The minimum atomic E-state index is -4.04. The van der Waals surface area contributed by atoms with Gasteiger partial charge in [-0.2, -0.15) is 0 Å². The molecule has 1 aliphatic heterocycles. The summed E-state index contributed by atoms with van der Waals surface area (Å²) in [5.74, 6) is -1.21. The van der Waals surface area contributed by atoms with E-state index in [-0.39, 0.29) is 30.0 Å². The lowest BCUT2D eigenvalue weighted by Crippen LogP contribution is -2.33. The van der Waals surface area contributed by atoms with Crippen molar-refractivity contribution < 1.29 is 37.5 Å². The van der Waals surface area contributed by atoms with Crippen LogP contribution < -0.4 is 15.0 Å². The number of sulfone groups is 1. The Labute approximate surface area is 191 Å². The van der Waals surface area contributed by atoms with E-state index in [2.05, 4.69) is 0 Å². The van der Waals surface area contributed by atoms with E-state index in [0.29, 0.717) is 16.9 Å². The minimum Gasteiger partial charge on any atom is -0.493 e. The van der Waals surface area contributed by atoms with Crippen LogP contribution in [0.3, 0.4) is 0 Å². The van der Waals surface area contributed by atoms with Gasteiger partial charge in [0.05, 0.1) is 35.5 Å². The molecule has 0 fully saturated rings. The van der Waals surface area contributed by atoms with E-state index in [0.717, 1.165) is 4.90 Å². The second-order valence-corrected chi connectivity index (χ2v) is 9.60. The van der Waals surface area contributed by atoms with Crippen molar-refractivity contribution in [2.45, 2.75) is 29.4 Å². The van der Waals surface area contributed by atoms with E-state index in [9.17, 15) is 22.8 Å². The number of imide groups is 1. The fourth-order valence-corrected chi connectivity index (χ4v) is 5.49. The van der Waals surface area contributed by atoms with Gasteiger partial charge in [0, 0.05) is 19.0 Å². The predicted molar refractivity (Wildman–Crippen MR) is 116 cm³/mol. The monoisotopic (exact) mass is 476 g/mol. The maximum Gasteiger partial charge on any atom is 0.261 e. The maximum absolute atomic E-state index is 13.3. The molecule has 176 valence electrons. The lowest BCUT2D eigenvalue weighted by atomic mass is 10.1. The fraction of sp³-hybridized carbons (Fsp3) is 0.318. The van der Waals surface area contributed by atoms with Crippen molar-refractivity contribution in [2.24, 2.45) is 0 Å². The van der Waals surface area contributed by atoms with Crippen LogP contribution in [0.25, 0.3) is 0 Å². The average molecular weight is 477 g/mol. The van der Waals surface area contributed by atoms with Crippen molar-refractivity contribution in [3.8, 4) is 11.5 Å². The molecule has 0 spiro atoms. The van der Waals surface area contributed by atoms with Crippen LogP contribution in [0.5, 0.6) is 11.5 Å². The van der Waals surface area contributed by atoms with Gasteiger partial charge in [0.15, 0.2) is 21.3 Å². The number of nitrogens with zero attached hydrogens (tertiary/aromatic N) is 1. The number of hydrogen-bond acceptors (Lipinski definition) is 8. The summed E-state index contributed by atoms with van der Waals surface area (Å²) in [7, 11) is -1.25. The van der Waals surface area contributed by atoms with E-state index in [4.69, 9.17) is 14.7 Å². The van der Waals surface area contributed by atoms with Crippen LogP contribution in [-0.4, -0.2) is 62.3 Å². The van der Waals surface area contributed by atoms with Gasteiger partial charge in [0.1, 0.15) is 0 Å². The number of amides is 3. The van der Waals surface area contributed by atoms with Gasteiger partial charge in [-0.25, -0.2) is 13.9 Å². The molecule has 0 aliphatic carbocycles. The standard InChI is InChI=1S/C22H24N2O8S/c1-31-18-10-9-15(12-19(18)32-2)33(29,30)14(13-20(25)23-28)6-5-11-24-21(26)16-7-3-4-8-17(16)22(24)27/h3-4,7-10,12,14,28H,5-6,11,13H2,1-2H3,(H,23,25). The summed E-state index contributed by atoms with van der Waals surface area (Å²) < 4.78 is 36.9. The lowest BCUT2D eigenvalue weighted by molar-refractivity contribution is -0.129. The van der Waals surface area contributed by atoms with Gasteiger partial charge >= 0.3 is 0 Å². The van der Waals surface area contributed by atoms with Crippen LogP contribution >= 0.6 is 0 Å². The van der Waals surface area contributed by atoms with Crippen molar-refractivity contribution in [3.05, 3.63) is 53.6 Å². The predicted octanol–water partition coefficient (Wildman–Crippen LogP) is 1.82. The highest BCUT2D eigenvalue weighted by atomic mass is 32.2. The zero-order valence-electron chi connectivity index (χ0n) is 18.1. The number of hydroxylamine groups is 1. The normalized spacial score (nSPS) is 14.1. The van der Waals surface area contributed by atoms with Gasteiger partial charge in [-0.15, -0.1) is 0 Å². The summed E-state index contributed by atoms with van der Waals surface area (Å²) in [6.07, 6.45) is -0.395. The first kappa shape index (κ1) is 24.2. The summed E-state index contributed by atoms with van der Waals surface area (Å²) >= 11 is 0. The molecule has 33 heavy (non-hydrogen) atoms. The molecule has 2 aromatic carbocycles. The Hall–Kier alpha value is -3.44. The van der Waals surface area contributed by atoms with Crippen LogP contribution in [0.1, 0.15) is 40.0 Å². The van der Waals surface area contributed by atoms with Crippen molar-refractivity contribution in [2.75, 3.05) is 20.8 Å². The Morgan fingerprint density at radius 3 is 2.18 bits per heavy atom. The molecule has 3 rings (SSSR count). The van der Waals surface area contributed by atoms with Crippen molar-refractivity contribution >= 4 is 27.6 Å². The Morgan fingerprint density at radius 1 is 1.03 bits per heavy atom. The molecule has 1 unspecified atom stereocenters. The van der Waals surface area contributed by atoms with E-state index in [1.54, 1.807) is 24.3 Å². The quantitative estimate of drug-likeness (QED) is 0.301. The minimum absolute atomic E-state index is 0.00888. The molecule has 11 heteroatoms. The smallest absolute Gasteiger partial charge is 0.261 e. The Balaban J connectivity index is 1.79. The van der Waals surface area contributed by atoms with Crippen molar-refractivity contribution in [1.29, 1.82) is 0 Å². The van der Waals surface area contributed by atoms with Gasteiger partial charge in [-0.05, 0) is 37.1 Å². The fourth-order valence-electron chi connectivity index (χ4n) is 3.72. The molecule has 1 atom stereocenters. The summed E-state index contributed by atoms with van der Waals surface area (Å²) in [5, 5.41) is 7.70. The second kappa shape index (κ2) is 10.0. The molecular formula is C22H24N2O8S. The number of rotatable bonds is 10. The van der Waals surface area contributed by atoms with Crippen molar-refractivity contribution in [3.63, 3.8) is 0 Å². The van der Waals surface area contributed by atoms with E-state index in [1.165, 1.54) is 37.9 Å². The average Bonchev–Trinajstić information content (AvgIpc) is 3.07. The number of ether oxygens (including phenoxy) is 2. The van der Waals surface area contributed by atoms with Crippen LogP contribution in [0.15, 0.2) is 47.4 Å².